The zero-order valence-electron chi connectivity index (χ0n) is 15.1. The number of hydrogen-bond donors (Lipinski definition) is 1. The molecule has 0 aromatic heterocycles. The number of allylic oxidation sites excluding steroid dienone is 2. The van der Waals surface area contributed by atoms with Crippen molar-refractivity contribution in [1.29, 1.82) is 0 Å². The van der Waals surface area contributed by atoms with Gasteiger partial charge in [-0.2, -0.15) is 0 Å². The van der Waals surface area contributed by atoms with E-state index in [1.165, 1.54) is 43.5 Å². The van der Waals surface area contributed by atoms with Crippen molar-refractivity contribution in [3.05, 3.63) is 36.8 Å². The molecule has 0 saturated carbocycles. The molecule has 126 valence electrons. The third-order valence-corrected chi connectivity index (χ3v) is 4.72. The Bertz CT molecular complexity index is 377. The molecule has 22 heavy (non-hydrogen) atoms. The Morgan fingerprint density at radius 2 is 1.73 bits per heavy atom. The van der Waals surface area contributed by atoms with E-state index in [1.807, 2.05) is 0 Å². The monoisotopic (exact) mass is 304 g/mol. The van der Waals surface area contributed by atoms with Gasteiger partial charge < -0.3 is 10.2 Å². The number of hydrogen-bond acceptors (Lipinski definition) is 2. The SMILES string of the molecule is C=C(CCN1C(=C)CCC1=C)NCCCC(C)(C)CCCC. The van der Waals surface area contributed by atoms with Crippen LogP contribution in [0.5, 0.6) is 0 Å². The van der Waals surface area contributed by atoms with E-state index in [0.717, 1.165) is 38.0 Å². The number of unbranched alkanes of at least 4 members (excludes halogenated alkanes) is 1. The van der Waals surface area contributed by atoms with Crippen LogP contribution in [0.15, 0.2) is 36.8 Å². The molecule has 1 rings (SSSR count). The van der Waals surface area contributed by atoms with Crippen molar-refractivity contribution in [3.8, 4) is 0 Å². The number of likely N-dealkylation sites (tertiary alicyclic amines) is 1. The summed E-state index contributed by atoms with van der Waals surface area (Å²) < 4.78 is 0. The van der Waals surface area contributed by atoms with Gasteiger partial charge in [-0.25, -0.2) is 0 Å². The van der Waals surface area contributed by atoms with Gasteiger partial charge in [-0.05, 0) is 37.5 Å². The van der Waals surface area contributed by atoms with Gasteiger partial charge >= 0.3 is 0 Å². The van der Waals surface area contributed by atoms with Gasteiger partial charge in [0.05, 0.1) is 0 Å². The Labute approximate surface area is 138 Å². The van der Waals surface area contributed by atoms with Crippen molar-refractivity contribution in [2.24, 2.45) is 5.41 Å². The van der Waals surface area contributed by atoms with Crippen LogP contribution in [0.2, 0.25) is 0 Å². The van der Waals surface area contributed by atoms with Gasteiger partial charge in [0.1, 0.15) is 0 Å². The average Bonchev–Trinajstić information content (AvgIpc) is 2.78. The van der Waals surface area contributed by atoms with Gasteiger partial charge in [0.15, 0.2) is 0 Å². The van der Waals surface area contributed by atoms with Crippen molar-refractivity contribution in [1.82, 2.24) is 10.2 Å². The maximum Gasteiger partial charge on any atom is 0.0278 e. The summed E-state index contributed by atoms with van der Waals surface area (Å²) in [5, 5.41) is 3.48. The van der Waals surface area contributed by atoms with Gasteiger partial charge in [0.2, 0.25) is 0 Å². The predicted molar refractivity (Wildman–Crippen MR) is 98.5 cm³/mol. The highest BCUT2D eigenvalue weighted by molar-refractivity contribution is 5.16. The predicted octanol–water partition coefficient (Wildman–Crippen LogP) is 5.60. The Morgan fingerprint density at radius 3 is 2.32 bits per heavy atom. The molecule has 0 radical (unpaired) electrons. The molecular formula is C20H36N2. The van der Waals surface area contributed by atoms with Crippen LogP contribution in [0.25, 0.3) is 0 Å². The quantitative estimate of drug-likeness (QED) is 0.500. The van der Waals surface area contributed by atoms with E-state index < -0.39 is 0 Å². The molecule has 0 aromatic carbocycles. The first kappa shape index (κ1) is 18.9. The lowest BCUT2D eigenvalue weighted by atomic mass is 9.83. The van der Waals surface area contributed by atoms with E-state index in [1.54, 1.807) is 0 Å². The van der Waals surface area contributed by atoms with Crippen LogP contribution in [0.3, 0.4) is 0 Å². The van der Waals surface area contributed by atoms with Crippen molar-refractivity contribution in [2.75, 3.05) is 13.1 Å². The normalized spacial score (nSPS) is 15.5. The molecule has 1 saturated heterocycles. The van der Waals surface area contributed by atoms with Gasteiger partial charge in [0, 0.05) is 36.6 Å². The standard InChI is InChI=1S/C20H36N2/c1-7-8-13-20(5,6)14-9-15-21-17(2)12-16-22-18(3)10-11-19(22)4/h21H,2-4,7-16H2,1,5-6H3. The fraction of sp³-hybridized carbons (Fsp3) is 0.700. The summed E-state index contributed by atoms with van der Waals surface area (Å²) >= 11 is 0. The summed E-state index contributed by atoms with van der Waals surface area (Å²) in [6, 6.07) is 0. The lowest BCUT2D eigenvalue weighted by Gasteiger charge is -2.25. The molecule has 2 heteroatoms. The minimum Gasteiger partial charge on any atom is -0.389 e. The van der Waals surface area contributed by atoms with Gasteiger partial charge in [-0.3, -0.25) is 0 Å². The fourth-order valence-electron chi connectivity index (χ4n) is 3.05. The molecule has 0 amide bonds. The number of rotatable bonds is 11. The first-order chi connectivity index (χ1) is 10.4. The minimum absolute atomic E-state index is 0.476. The molecular weight excluding hydrogens is 268 g/mol. The lowest BCUT2D eigenvalue weighted by Crippen LogP contribution is -2.22. The summed E-state index contributed by atoms with van der Waals surface area (Å²) in [6.45, 7) is 21.4. The second kappa shape index (κ2) is 9.07. The van der Waals surface area contributed by atoms with E-state index in [2.05, 4.69) is 50.7 Å². The van der Waals surface area contributed by atoms with E-state index in [0.29, 0.717) is 5.41 Å². The fourth-order valence-corrected chi connectivity index (χ4v) is 3.05. The summed E-state index contributed by atoms with van der Waals surface area (Å²) in [5.41, 5.74) is 4.02. The van der Waals surface area contributed by atoms with Crippen LogP contribution < -0.4 is 5.32 Å². The second-order valence-corrected chi connectivity index (χ2v) is 7.44. The van der Waals surface area contributed by atoms with Crippen LogP contribution in [-0.4, -0.2) is 18.0 Å². The van der Waals surface area contributed by atoms with E-state index >= 15 is 0 Å². The highest BCUT2D eigenvalue weighted by Crippen LogP contribution is 2.29. The maximum atomic E-state index is 4.15. The van der Waals surface area contributed by atoms with Gasteiger partial charge in [-0.15, -0.1) is 0 Å². The van der Waals surface area contributed by atoms with Crippen molar-refractivity contribution in [2.45, 2.75) is 72.1 Å². The van der Waals surface area contributed by atoms with Crippen LogP contribution in [0.4, 0.5) is 0 Å². The smallest absolute Gasteiger partial charge is 0.0278 e. The Balaban J connectivity index is 2.13. The first-order valence-corrected chi connectivity index (χ1v) is 8.90. The molecule has 1 heterocycles. The molecule has 0 unspecified atom stereocenters. The van der Waals surface area contributed by atoms with E-state index in [-0.39, 0.29) is 0 Å². The maximum absolute atomic E-state index is 4.15. The minimum atomic E-state index is 0.476. The van der Waals surface area contributed by atoms with Crippen molar-refractivity contribution in [3.63, 3.8) is 0 Å². The second-order valence-electron chi connectivity index (χ2n) is 7.44. The number of nitrogens with zero attached hydrogens (tertiary/aromatic N) is 1. The number of nitrogens with one attached hydrogen (secondary N) is 1. The molecule has 0 spiro atoms. The lowest BCUT2D eigenvalue weighted by molar-refractivity contribution is 0.289. The summed E-state index contributed by atoms with van der Waals surface area (Å²) in [7, 11) is 0. The largest absolute Gasteiger partial charge is 0.389 e. The third kappa shape index (κ3) is 6.72. The van der Waals surface area contributed by atoms with Crippen LogP contribution >= 0.6 is 0 Å². The Morgan fingerprint density at radius 1 is 1.14 bits per heavy atom. The molecule has 0 atom stereocenters. The van der Waals surface area contributed by atoms with Crippen LogP contribution in [0.1, 0.15) is 72.1 Å². The van der Waals surface area contributed by atoms with E-state index in [4.69, 9.17) is 0 Å². The third-order valence-electron chi connectivity index (χ3n) is 4.72. The molecule has 0 aromatic rings. The molecule has 0 aliphatic carbocycles. The zero-order chi connectivity index (χ0) is 16.6. The van der Waals surface area contributed by atoms with Crippen LogP contribution in [0, 0.1) is 5.41 Å². The van der Waals surface area contributed by atoms with Crippen molar-refractivity contribution < 1.29 is 0 Å². The first-order valence-electron chi connectivity index (χ1n) is 8.90. The molecule has 1 fully saturated rings. The highest BCUT2D eigenvalue weighted by atomic mass is 15.2. The van der Waals surface area contributed by atoms with Crippen LogP contribution in [-0.2, 0) is 0 Å². The average molecular weight is 305 g/mol. The topological polar surface area (TPSA) is 15.3 Å². The molecule has 2 nitrogen and oxygen atoms in total. The molecule has 1 N–H and O–H groups in total. The highest BCUT2D eigenvalue weighted by Gasteiger charge is 2.19. The molecule has 1 aliphatic heterocycles. The summed E-state index contributed by atoms with van der Waals surface area (Å²) in [6.07, 6.45) is 9.58. The summed E-state index contributed by atoms with van der Waals surface area (Å²) in [5.74, 6) is 0. The Hall–Kier alpha value is -1.18. The van der Waals surface area contributed by atoms with Gasteiger partial charge in [-0.1, -0.05) is 53.3 Å². The van der Waals surface area contributed by atoms with E-state index in [9.17, 15) is 0 Å². The molecule has 0 bridgehead atoms. The Kier molecular flexibility index (Phi) is 7.78. The van der Waals surface area contributed by atoms with Gasteiger partial charge in [0.25, 0.3) is 0 Å². The summed E-state index contributed by atoms with van der Waals surface area (Å²) in [4.78, 5) is 2.25. The molecule has 1 aliphatic rings. The zero-order valence-corrected chi connectivity index (χ0v) is 15.1. The van der Waals surface area contributed by atoms with Crippen molar-refractivity contribution >= 4 is 0 Å².